The molecular weight excluding hydrogens is 510 g/mol. The van der Waals surface area contributed by atoms with Crippen molar-refractivity contribution in [1.29, 1.82) is 0 Å². The first kappa shape index (κ1) is 26.4. The van der Waals surface area contributed by atoms with Crippen LogP contribution in [0, 0.1) is 0 Å². The van der Waals surface area contributed by atoms with E-state index in [4.69, 9.17) is 23.2 Å². The molecule has 0 aliphatic rings. The molecule has 0 spiro atoms. The minimum Gasteiger partial charge on any atom is -0.537 e. The predicted molar refractivity (Wildman–Crippen MR) is 114 cm³/mol. The van der Waals surface area contributed by atoms with E-state index in [0.717, 1.165) is 12.5 Å². The molecule has 2 aromatic carbocycles. The molecule has 0 radical (unpaired) electrons. The Bertz CT molecular complexity index is 1350. The fourth-order valence-electron chi connectivity index (χ4n) is 2.57. The van der Waals surface area contributed by atoms with Crippen molar-refractivity contribution in [3.63, 3.8) is 0 Å². The van der Waals surface area contributed by atoms with Crippen LogP contribution < -0.4 is 51.4 Å². The second-order valence-corrected chi connectivity index (χ2v) is 10.6. The summed E-state index contributed by atoms with van der Waals surface area (Å²) in [5.41, 5.74) is 0.461. The average molecular weight is 523 g/mol. The minimum atomic E-state index is -4.37. The Kier molecular flexibility index (Phi) is 8.87. The van der Waals surface area contributed by atoms with E-state index >= 15 is 0 Å². The van der Waals surface area contributed by atoms with Crippen LogP contribution in [0.15, 0.2) is 70.6 Å². The number of nitrogens with zero attached hydrogens (tertiary/aromatic N) is 2. The molecule has 0 unspecified atom stereocenters. The van der Waals surface area contributed by atoms with Crippen molar-refractivity contribution in [2.75, 3.05) is 6.26 Å². The minimum absolute atomic E-state index is 0. The van der Waals surface area contributed by atoms with Gasteiger partial charge in [0.15, 0.2) is 9.84 Å². The van der Waals surface area contributed by atoms with Crippen molar-refractivity contribution in [1.82, 2.24) is 4.98 Å². The van der Waals surface area contributed by atoms with Gasteiger partial charge in [0.25, 0.3) is 0 Å². The average Bonchev–Trinajstić information content (AvgIpc) is 2.67. The first-order chi connectivity index (χ1) is 14.0. The maximum absolute atomic E-state index is 12.5. The molecule has 0 atom stereocenters. The van der Waals surface area contributed by atoms with Crippen LogP contribution in [0.3, 0.4) is 0 Å². The van der Waals surface area contributed by atoms with E-state index in [1.807, 2.05) is 0 Å². The van der Waals surface area contributed by atoms with E-state index in [2.05, 4.69) is 9.71 Å². The summed E-state index contributed by atoms with van der Waals surface area (Å²) < 4.78 is 52.1. The van der Waals surface area contributed by atoms with Gasteiger partial charge in [0, 0.05) is 28.6 Å². The molecule has 1 aromatic heterocycles. The van der Waals surface area contributed by atoms with Gasteiger partial charge in [-0.1, -0.05) is 41.4 Å². The molecular formula is C19H13Cl2KN2O5S2. The molecule has 0 aliphatic carbocycles. The summed E-state index contributed by atoms with van der Waals surface area (Å²) >= 11 is 11.7. The zero-order valence-corrected chi connectivity index (χ0v) is 22.5. The summed E-state index contributed by atoms with van der Waals surface area (Å²) in [6.07, 6.45) is 2.07. The Balaban J connectivity index is 0.00000341. The quantitative estimate of drug-likeness (QED) is 0.467. The molecule has 1 amide bonds. The summed E-state index contributed by atoms with van der Waals surface area (Å²) in [6, 6.07) is 12.7. The van der Waals surface area contributed by atoms with Gasteiger partial charge in [-0.15, -0.1) is 0 Å². The fraction of sp³-hybridized carbons (Fsp3) is 0.0526. The van der Waals surface area contributed by atoms with Crippen molar-refractivity contribution < 1.29 is 73.0 Å². The molecule has 31 heavy (non-hydrogen) atoms. The topological polar surface area (TPSA) is 112 Å². The van der Waals surface area contributed by atoms with Crippen LogP contribution in [0.2, 0.25) is 10.0 Å². The van der Waals surface area contributed by atoms with Gasteiger partial charge in [-0.2, -0.15) is 0 Å². The first-order valence-corrected chi connectivity index (χ1v) is 12.3. The number of pyridine rings is 1. The van der Waals surface area contributed by atoms with Crippen molar-refractivity contribution >= 4 is 49.0 Å². The molecule has 1 heterocycles. The third kappa shape index (κ3) is 6.37. The number of carbonyl (C=O) groups is 1. The molecule has 3 aromatic rings. The molecule has 0 saturated heterocycles. The summed E-state index contributed by atoms with van der Waals surface area (Å²) in [4.78, 5) is 16.0. The number of hydrogen-bond donors (Lipinski definition) is 0. The molecule has 7 nitrogen and oxygen atoms in total. The smallest absolute Gasteiger partial charge is 0.537 e. The maximum Gasteiger partial charge on any atom is 1.00 e. The van der Waals surface area contributed by atoms with Crippen LogP contribution in [0.1, 0.15) is 10.4 Å². The normalized spacial score (nSPS) is 11.5. The number of sulfone groups is 1. The first-order valence-electron chi connectivity index (χ1n) is 8.22. The summed E-state index contributed by atoms with van der Waals surface area (Å²) in [5, 5.41) is 0.255. The van der Waals surface area contributed by atoms with E-state index < -0.39 is 25.8 Å². The Morgan fingerprint density at radius 3 is 2.23 bits per heavy atom. The number of hydrogen-bond acceptors (Lipinski definition) is 6. The standard InChI is InChI=1S/C19H14Cl2N2O5S2.K/c1-29(25,26)18-5-3-2-4-15(18)17-9-7-13(11-22-17)30(27,28)23-19(24)14-8-6-12(20)10-16(14)21;/h2-11H,1H3,(H,23,24);/q;+1/p-1. The van der Waals surface area contributed by atoms with Crippen LogP contribution in [0.25, 0.3) is 16.0 Å². The van der Waals surface area contributed by atoms with E-state index in [9.17, 15) is 21.6 Å². The Morgan fingerprint density at radius 1 is 0.968 bits per heavy atom. The van der Waals surface area contributed by atoms with E-state index in [-0.39, 0.29) is 82.5 Å². The zero-order chi connectivity index (χ0) is 22.1. The number of carbonyl (C=O) groups excluding carboxylic acids is 1. The van der Waals surface area contributed by atoms with Crippen LogP contribution in [-0.4, -0.2) is 34.0 Å². The molecule has 0 bridgehead atoms. The van der Waals surface area contributed by atoms with Gasteiger partial charge in [-0.25, -0.2) is 16.8 Å². The Morgan fingerprint density at radius 2 is 1.65 bits per heavy atom. The van der Waals surface area contributed by atoms with E-state index in [0.29, 0.717) is 5.56 Å². The fourth-order valence-corrected chi connectivity index (χ4v) is 4.80. The van der Waals surface area contributed by atoms with Crippen LogP contribution in [0.4, 0.5) is 0 Å². The number of sulfonamides is 1. The molecule has 3 rings (SSSR count). The van der Waals surface area contributed by atoms with Gasteiger partial charge in [0.05, 0.1) is 26.4 Å². The molecule has 12 heteroatoms. The number of amides is 1. The monoisotopic (exact) mass is 522 g/mol. The number of halogens is 2. The van der Waals surface area contributed by atoms with Gasteiger partial charge >= 0.3 is 51.4 Å². The second kappa shape index (κ2) is 10.4. The molecule has 156 valence electrons. The SMILES string of the molecule is CS(=O)(=O)c1ccccc1-c1ccc(S(=O)(=O)[N-]C(=O)c2ccc(Cl)cc2Cl)cn1.[K+]. The third-order valence-electron chi connectivity index (χ3n) is 3.96. The predicted octanol–water partition coefficient (Wildman–Crippen LogP) is 1.37. The Labute approximate surface area is 232 Å². The van der Waals surface area contributed by atoms with Crippen molar-refractivity contribution in [3.8, 4) is 11.3 Å². The van der Waals surface area contributed by atoms with Gasteiger partial charge in [-0.05, 0) is 36.4 Å². The molecule has 0 saturated carbocycles. The number of aromatic nitrogens is 1. The Hall–Kier alpha value is -0.824. The van der Waals surface area contributed by atoms with Gasteiger partial charge in [0.1, 0.15) is 10.0 Å². The van der Waals surface area contributed by atoms with Crippen molar-refractivity contribution in [2.45, 2.75) is 9.79 Å². The van der Waals surface area contributed by atoms with Crippen molar-refractivity contribution in [2.24, 2.45) is 0 Å². The van der Waals surface area contributed by atoms with Gasteiger partial charge in [-0.3, -0.25) is 4.98 Å². The maximum atomic E-state index is 12.5. The third-order valence-corrected chi connectivity index (χ3v) is 6.91. The van der Waals surface area contributed by atoms with E-state index in [1.165, 1.54) is 36.4 Å². The van der Waals surface area contributed by atoms with Crippen molar-refractivity contribution in [3.05, 3.63) is 81.1 Å². The van der Waals surface area contributed by atoms with Crippen LogP contribution in [0.5, 0.6) is 0 Å². The molecule has 0 aliphatic heterocycles. The van der Waals surface area contributed by atoms with Gasteiger partial charge in [0.2, 0.25) is 0 Å². The van der Waals surface area contributed by atoms with E-state index in [1.54, 1.807) is 18.2 Å². The van der Waals surface area contributed by atoms with Crippen LogP contribution in [-0.2, 0) is 19.9 Å². The largest absolute Gasteiger partial charge is 1.00 e. The number of benzene rings is 2. The summed E-state index contributed by atoms with van der Waals surface area (Å²) in [6.45, 7) is 0. The molecule has 0 fully saturated rings. The number of rotatable bonds is 5. The zero-order valence-electron chi connectivity index (χ0n) is 16.3. The summed E-state index contributed by atoms with van der Waals surface area (Å²) in [7, 11) is -7.89. The molecule has 0 N–H and O–H groups in total. The second-order valence-electron chi connectivity index (χ2n) is 6.14. The van der Waals surface area contributed by atoms with Crippen LogP contribution >= 0.6 is 23.2 Å². The van der Waals surface area contributed by atoms with Gasteiger partial charge < -0.3 is 9.52 Å². The summed E-state index contributed by atoms with van der Waals surface area (Å²) in [5.74, 6) is -1.05.